The summed E-state index contributed by atoms with van der Waals surface area (Å²) in [6, 6.07) is 17.3. The van der Waals surface area contributed by atoms with Crippen molar-refractivity contribution in [3.05, 3.63) is 60.2 Å². The molecule has 0 saturated carbocycles. The second-order valence-corrected chi connectivity index (χ2v) is 11.4. The van der Waals surface area contributed by atoms with E-state index in [-0.39, 0.29) is 10.7 Å². The van der Waals surface area contributed by atoms with Crippen LogP contribution in [0.5, 0.6) is 0 Å². The summed E-state index contributed by atoms with van der Waals surface area (Å²) in [5, 5.41) is -0.336. The third-order valence-corrected chi connectivity index (χ3v) is 7.80. The average molecular weight is 378 g/mol. The summed E-state index contributed by atoms with van der Waals surface area (Å²) >= 11 is 6.78. The monoisotopic (exact) mass is 377 g/mol. The molecule has 2 nitrogen and oxygen atoms in total. The van der Waals surface area contributed by atoms with E-state index in [0.29, 0.717) is 5.69 Å². The van der Waals surface area contributed by atoms with Crippen LogP contribution in [0.15, 0.2) is 63.9 Å². The Bertz CT molecular complexity index is 807. The number of nitrogens with zero attached hydrogens (tertiary/aromatic N) is 1. The number of halogens is 1. The topological polar surface area (TPSA) is 29.4 Å². The lowest BCUT2D eigenvalue weighted by Crippen LogP contribution is -2.47. The van der Waals surface area contributed by atoms with Crippen LogP contribution >= 0.6 is 11.6 Å². The second kappa shape index (κ2) is 7.13. The summed E-state index contributed by atoms with van der Waals surface area (Å²) < 4.78 is 19.2. The number of rotatable bonds is 4. The number of hydrogen-bond acceptors (Lipinski definition) is 2. The van der Waals surface area contributed by atoms with E-state index in [4.69, 9.17) is 16.0 Å². The predicted molar refractivity (Wildman–Crippen MR) is 109 cm³/mol. The fourth-order valence-corrected chi connectivity index (χ4v) is 7.36. The molecule has 2 aromatic carbocycles. The molecule has 0 amide bonds. The highest BCUT2D eigenvalue weighted by molar-refractivity contribution is 7.94. The molecule has 0 aliphatic carbocycles. The largest absolute Gasteiger partial charge is 0.244 e. The van der Waals surface area contributed by atoms with Crippen LogP contribution in [0, 0.1) is 12.3 Å². The Labute approximate surface area is 157 Å². The minimum Gasteiger partial charge on any atom is -0.244 e. The molecule has 0 heterocycles. The molecule has 0 saturated heterocycles. The first-order chi connectivity index (χ1) is 11.4. The van der Waals surface area contributed by atoms with Gasteiger partial charge >= 0.3 is 0 Å². The fraction of sp³-hybridized carbons (Fsp3) is 0.429. The van der Waals surface area contributed by atoms with Gasteiger partial charge in [0.05, 0.1) is 25.5 Å². The zero-order valence-electron chi connectivity index (χ0n) is 15.9. The Morgan fingerprint density at radius 3 is 1.88 bits per heavy atom. The maximum absolute atomic E-state index is 14.4. The van der Waals surface area contributed by atoms with Crippen molar-refractivity contribution in [3.63, 3.8) is 0 Å². The van der Waals surface area contributed by atoms with E-state index in [1.54, 1.807) is 0 Å². The Balaban J connectivity index is 2.83. The summed E-state index contributed by atoms with van der Waals surface area (Å²) in [4.78, 5) is 0.0500. The van der Waals surface area contributed by atoms with E-state index in [9.17, 15) is 4.21 Å². The van der Waals surface area contributed by atoms with Crippen LogP contribution in [0.3, 0.4) is 0 Å². The third-order valence-electron chi connectivity index (χ3n) is 4.09. The molecule has 0 aliphatic heterocycles. The SMILES string of the molecule is Cc1ccc(S(=O)(=Nc2ccccc2)C(C(C)(C)C)C(C)(C)Cl)cc1. The summed E-state index contributed by atoms with van der Waals surface area (Å²) in [6.45, 7) is 12.1. The second-order valence-electron chi connectivity index (χ2n) is 8.12. The molecule has 0 aromatic heterocycles. The van der Waals surface area contributed by atoms with E-state index in [2.05, 4.69) is 20.8 Å². The molecule has 0 N–H and O–H groups in total. The van der Waals surface area contributed by atoms with Crippen molar-refractivity contribution in [1.29, 1.82) is 0 Å². The smallest absolute Gasteiger partial charge is 0.0852 e. The molecule has 2 rings (SSSR count). The van der Waals surface area contributed by atoms with Crippen molar-refractivity contribution in [2.75, 3.05) is 0 Å². The third kappa shape index (κ3) is 4.65. The van der Waals surface area contributed by atoms with Gasteiger partial charge in [-0.05, 0) is 50.5 Å². The highest BCUT2D eigenvalue weighted by atomic mass is 35.5. The molecule has 4 heteroatoms. The molecule has 136 valence electrons. The maximum atomic E-state index is 14.4. The van der Waals surface area contributed by atoms with Gasteiger partial charge in [-0.15, -0.1) is 11.6 Å². The van der Waals surface area contributed by atoms with Crippen molar-refractivity contribution >= 4 is 27.0 Å². The lowest BCUT2D eigenvalue weighted by molar-refractivity contribution is 0.342. The van der Waals surface area contributed by atoms with Gasteiger partial charge in [-0.1, -0.05) is 56.7 Å². The summed E-state index contributed by atoms with van der Waals surface area (Å²) in [5.41, 5.74) is 1.55. The molecule has 2 unspecified atom stereocenters. The molecule has 0 aliphatic rings. The Kier molecular flexibility index (Phi) is 5.70. The molecular weight excluding hydrogens is 350 g/mol. The average Bonchev–Trinajstić information content (AvgIpc) is 2.45. The van der Waals surface area contributed by atoms with Gasteiger partial charge in [-0.3, -0.25) is 0 Å². The lowest BCUT2D eigenvalue weighted by Gasteiger charge is -2.40. The van der Waals surface area contributed by atoms with E-state index in [1.165, 1.54) is 0 Å². The van der Waals surface area contributed by atoms with Crippen molar-refractivity contribution in [2.45, 2.75) is 56.6 Å². The zero-order chi connectivity index (χ0) is 18.9. The van der Waals surface area contributed by atoms with Crippen LogP contribution in [-0.4, -0.2) is 14.3 Å². The van der Waals surface area contributed by atoms with Crippen LogP contribution in [0.25, 0.3) is 0 Å². The van der Waals surface area contributed by atoms with Gasteiger partial charge in [0, 0.05) is 4.90 Å². The molecule has 0 fully saturated rings. The Morgan fingerprint density at radius 2 is 1.44 bits per heavy atom. The maximum Gasteiger partial charge on any atom is 0.0852 e. The van der Waals surface area contributed by atoms with E-state index in [0.717, 1.165) is 10.5 Å². The molecule has 2 aromatic rings. The van der Waals surface area contributed by atoms with Crippen LogP contribution in [-0.2, 0) is 9.73 Å². The van der Waals surface area contributed by atoms with Crippen LogP contribution in [0.1, 0.15) is 40.2 Å². The molecular formula is C21H28ClNOS. The van der Waals surface area contributed by atoms with E-state index in [1.807, 2.05) is 75.4 Å². The Hall–Kier alpha value is -1.32. The van der Waals surface area contributed by atoms with Crippen molar-refractivity contribution < 1.29 is 4.21 Å². The fourth-order valence-electron chi connectivity index (χ4n) is 3.51. The standard InChI is InChI=1S/C21H28ClNOS/c1-16-12-14-18(15-13-16)25(24,23-17-10-8-7-9-11-17)19(20(2,3)4)21(5,6)22/h7-15,19H,1-6H3. The van der Waals surface area contributed by atoms with Gasteiger partial charge in [-0.25, -0.2) is 4.21 Å². The number of alkyl halides is 1. The van der Waals surface area contributed by atoms with Crippen LogP contribution in [0.4, 0.5) is 5.69 Å². The van der Waals surface area contributed by atoms with Gasteiger partial charge in [-0.2, -0.15) is 4.36 Å². The lowest BCUT2D eigenvalue weighted by atomic mass is 9.85. The first kappa shape index (κ1) is 20.0. The summed E-state index contributed by atoms with van der Waals surface area (Å²) in [7, 11) is -2.80. The molecule has 0 radical (unpaired) electrons. The molecule has 0 spiro atoms. The van der Waals surface area contributed by atoms with Crippen molar-refractivity contribution in [1.82, 2.24) is 0 Å². The van der Waals surface area contributed by atoms with Gasteiger partial charge < -0.3 is 0 Å². The highest BCUT2D eigenvalue weighted by Crippen LogP contribution is 2.42. The van der Waals surface area contributed by atoms with Crippen LogP contribution < -0.4 is 0 Å². The van der Waals surface area contributed by atoms with Crippen molar-refractivity contribution in [3.8, 4) is 0 Å². The van der Waals surface area contributed by atoms with Gasteiger partial charge in [0.15, 0.2) is 0 Å². The van der Waals surface area contributed by atoms with Gasteiger partial charge in [0.25, 0.3) is 0 Å². The summed E-state index contributed by atoms with van der Waals surface area (Å²) in [6.07, 6.45) is 0. The van der Waals surface area contributed by atoms with Gasteiger partial charge in [0.1, 0.15) is 0 Å². The number of aryl methyl sites for hydroxylation is 1. The highest BCUT2D eigenvalue weighted by Gasteiger charge is 2.45. The Morgan fingerprint density at radius 1 is 0.920 bits per heavy atom. The van der Waals surface area contributed by atoms with Crippen molar-refractivity contribution in [2.24, 2.45) is 9.78 Å². The summed E-state index contributed by atoms with van der Waals surface area (Å²) in [5.74, 6) is 0. The number of benzene rings is 2. The predicted octanol–water partition coefficient (Wildman–Crippen LogP) is 6.59. The molecule has 0 bridgehead atoms. The quantitative estimate of drug-likeness (QED) is 0.553. The zero-order valence-corrected chi connectivity index (χ0v) is 17.5. The molecule has 25 heavy (non-hydrogen) atoms. The first-order valence-corrected chi connectivity index (χ1v) is 10.5. The number of hydrogen-bond donors (Lipinski definition) is 0. The normalized spacial score (nSPS) is 16.1. The van der Waals surface area contributed by atoms with Gasteiger partial charge in [0.2, 0.25) is 0 Å². The minimum absolute atomic E-state index is 0.286. The minimum atomic E-state index is -2.80. The van der Waals surface area contributed by atoms with E-state index >= 15 is 0 Å². The van der Waals surface area contributed by atoms with Crippen LogP contribution in [0.2, 0.25) is 0 Å². The first-order valence-electron chi connectivity index (χ1n) is 8.51. The van der Waals surface area contributed by atoms with E-state index < -0.39 is 14.6 Å². The molecule has 2 atom stereocenters.